The lowest BCUT2D eigenvalue weighted by Crippen LogP contribution is -2.32. The number of rotatable bonds is 5. The first-order valence-electron chi connectivity index (χ1n) is 7.09. The zero-order chi connectivity index (χ0) is 14.6. The van der Waals surface area contributed by atoms with Crippen LogP contribution in [0.4, 0.5) is 0 Å². The van der Waals surface area contributed by atoms with Crippen LogP contribution in [0.15, 0.2) is 18.2 Å². The van der Waals surface area contributed by atoms with E-state index in [1.807, 2.05) is 12.1 Å². The monoisotopic (exact) mass is 342 g/mol. The van der Waals surface area contributed by atoms with Crippen LogP contribution < -0.4 is 4.74 Å². The summed E-state index contributed by atoms with van der Waals surface area (Å²) in [5.74, 6) is 0.859. The number of benzene rings is 1. The van der Waals surface area contributed by atoms with Crippen molar-refractivity contribution in [1.82, 2.24) is 0 Å². The first-order chi connectivity index (χ1) is 9.55. The Morgan fingerprint density at radius 2 is 2.10 bits per heavy atom. The van der Waals surface area contributed by atoms with Crippen molar-refractivity contribution in [2.75, 3.05) is 13.7 Å². The summed E-state index contributed by atoms with van der Waals surface area (Å²) < 4.78 is 17.2. The highest BCUT2D eigenvalue weighted by atomic mass is 79.9. The van der Waals surface area contributed by atoms with Crippen LogP contribution in [0.5, 0.6) is 5.75 Å². The van der Waals surface area contributed by atoms with E-state index in [0.717, 1.165) is 36.1 Å². The molecule has 0 aromatic heterocycles. The summed E-state index contributed by atoms with van der Waals surface area (Å²) >= 11 is 3.50. The van der Waals surface area contributed by atoms with Gasteiger partial charge in [0, 0.05) is 11.9 Å². The maximum absolute atomic E-state index is 6.17. The molecule has 2 rings (SSSR count). The fraction of sp³-hybridized carbons (Fsp3) is 0.625. The lowest BCUT2D eigenvalue weighted by molar-refractivity contribution is -0.219. The summed E-state index contributed by atoms with van der Waals surface area (Å²) in [5.41, 5.74) is 1.90. The van der Waals surface area contributed by atoms with E-state index in [1.165, 1.54) is 12.0 Å². The molecule has 20 heavy (non-hydrogen) atoms. The van der Waals surface area contributed by atoms with Crippen LogP contribution in [0, 0.1) is 0 Å². The molecular formula is C16H23BrO3. The van der Waals surface area contributed by atoms with Gasteiger partial charge in [0.05, 0.1) is 12.7 Å². The van der Waals surface area contributed by atoms with Gasteiger partial charge in [0.1, 0.15) is 5.75 Å². The SMILES string of the molecule is COc1cc(CBr)cc(C(C)(C)OC2CCCCO2)c1. The van der Waals surface area contributed by atoms with Crippen LogP contribution >= 0.6 is 15.9 Å². The molecule has 1 heterocycles. The second-order valence-corrected chi connectivity index (χ2v) is 6.19. The van der Waals surface area contributed by atoms with Gasteiger partial charge in [-0.2, -0.15) is 0 Å². The van der Waals surface area contributed by atoms with Gasteiger partial charge in [-0.1, -0.05) is 22.0 Å². The third-order valence-electron chi connectivity index (χ3n) is 3.62. The molecule has 1 aromatic rings. The minimum absolute atomic E-state index is 0.0997. The molecule has 4 heteroatoms. The predicted molar refractivity (Wildman–Crippen MR) is 83.3 cm³/mol. The summed E-state index contributed by atoms with van der Waals surface area (Å²) in [4.78, 5) is 0. The highest BCUT2D eigenvalue weighted by molar-refractivity contribution is 9.08. The van der Waals surface area contributed by atoms with Gasteiger partial charge in [-0.3, -0.25) is 0 Å². The van der Waals surface area contributed by atoms with Gasteiger partial charge in [0.15, 0.2) is 6.29 Å². The van der Waals surface area contributed by atoms with Crippen molar-refractivity contribution in [2.24, 2.45) is 0 Å². The minimum atomic E-state index is -0.395. The number of ether oxygens (including phenoxy) is 3. The van der Waals surface area contributed by atoms with Crippen LogP contribution in [0.1, 0.15) is 44.2 Å². The Balaban J connectivity index is 2.18. The van der Waals surface area contributed by atoms with E-state index in [9.17, 15) is 0 Å². The molecule has 0 radical (unpaired) electrons. The normalized spacial score (nSPS) is 19.9. The fourth-order valence-electron chi connectivity index (χ4n) is 2.40. The Labute approximate surface area is 129 Å². The molecule has 0 N–H and O–H groups in total. The highest BCUT2D eigenvalue weighted by Crippen LogP contribution is 2.32. The number of alkyl halides is 1. The molecule has 1 aromatic carbocycles. The lowest BCUT2D eigenvalue weighted by atomic mass is 9.95. The van der Waals surface area contributed by atoms with Gasteiger partial charge in [0.25, 0.3) is 0 Å². The third-order valence-corrected chi connectivity index (χ3v) is 4.26. The van der Waals surface area contributed by atoms with E-state index in [1.54, 1.807) is 7.11 Å². The predicted octanol–water partition coefficient (Wildman–Crippen LogP) is 4.37. The number of hydrogen-bond donors (Lipinski definition) is 0. The molecule has 112 valence electrons. The summed E-state index contributed by atoms with van der Waals surface area (Å²) in [5, 5.41) is 0.799. The average molecular weight is 343 g/mol. The fourth-order valence-corrected chi connectivity index (χ4v) is 2.73. The molecule has 1 aliphatic heterocycles. The molecule has 1 fully saturated rings. The zero-order valence-electron chi connectivity index (χ0n) is 12.4. The molecule has 0 bridgehead atoms. The second kappa shape index (κ2) is 6.92. The maximum Gasteiger partial charge on any atom is 0.158 e. The Morgan fingerprint density at radius 1 is 1.30 bits per heavy atom. The Hall–Kier alpha value is -0.580. The van der Waals surface area contributed by atoms with Crippen LogP contribution in [0.3, 0.4) is 0 Å². The molecule has 1 aliphatic rings. The summed E-state index contributed by atoms with van der Waals surface area (Å²) in [6.07, 6.45) is 3.18. The maximum atomic E-state index is 6.17. The number of methoxy groups -OCH3 is 1. The van der Waals surface area contributed by atoms with Gasteiger partial charge >= 0.3 is 0 Å². The first-order valence-corrected chi connectivity index (χ1v) is 8.21. The Morgan fingerprint density at radius 3 is 2.70 bits per heavy atom. The van der Waals surface area contributed by atoms with Crippen molar-refractivity contribution in [2.45, 2.75) is 50.3 Å². The van der Waals surface area contributed by atoms with Crippen LogP contribution in [-0.2, 0) is 20.4 Å². The van der Waals surface area contributed by atoms with Crippen LogP contribution in [-0.4, -0.2) is 20.0 Å². The summed E-state index contributed by atoms with van der Waals surface area (Å²) in [6.45, 7) is 4.96. The molecule has 0 amide bonds. The van der Waals surface area contributed by atoms with E-state index < -0.39 is 5.60 Å². The molecule has 0 aliphatic carbocycles. The zero-order valence-corrected chi connectivity index (χ0v) is 14.0. The van der Waals surface area contributed by atoms with Gasteiger partial charge in [-0.05, 0) is 56.4 Å². The van der Waals surface area contributed by atoms with Gasteiger partial charge in [-0.15, -0.1) is 0 Å². The van der Waals surface area contributed by atoms with Crippen molar-refractivity contribution in [1.29, 1.82) is 0 Å². The second-order valence-electron chi connectivity index (χ2n) is 5.63. The molecule has 0 spiro atoms. The van der Waals surface area contributed by atoms with Crippen molar-refractivity contribution in [3.05, 3.63) is 29.3 Å². The summed E-state index contributed by atoms with van der Waals surface area (Å²) in [7, 11) is 1.69. The van der Waals surface area contributed by atoms with Gasteiger partial charge in [0.2, 0.25) is 0 Å². The number of halogens is 1. The third kappa shape index (κ3) is 3.96. The van der Waals surface area contributed by atoms with Crippen molar-refractivity contribution < 1.29 is 14.2 Å². The molecule has 0 saturated carbocycles. The average Bonchev–Trinajstić information content (AvgIpc) is 2.47. The molecule has 1 unspecified atom stereocenters. The van der Waals surface area contributed by atoms with Gasteiger partial charge in [-0.25, -0.2) is 0 Å². The summed E-state index contributed by atoms with van der Waals surface area (Å²) in [6, 6.07) is 6.22. The van der Waals surface area contributed by atoms with Crippen LogP contribution in [0.25, 0.3) is 0 Å². The standard InChI is InChI=1S/C16H23BrO3/c1-16(2,20-15-6-4-5-7-19-15)13-8-12(11-17)9-14(10-13)18-3/h8-10,15H,4-7,11H2,1-3H3. The quantitative estimate of drug-likeness (QED) is 0.743. The Kier molecular flexibility index (Phi) is 5.47. The van der Waals surface area contributed by atoms with Gasteiger partial charge < -0.3 is 14.2 Å². The van der Waals surface area contributed by atoms with E-state index in [4.69, 9.17) is 14.2 Å². The van der Waals surface area contributed by atoms with Crippen molar-refractivity contribution in [3.63, 3.8) is 0 Å². The molecule has 3 nitrogen and oxygen atoms in total. The van der Waals surface area contributed by atoms with E-state index in [-0.39, 0.29) is 6.29 Å². The lowest BCUT2D eigenvalue weighted by Gasteiger charge is -2.33. The largest absolute Gasteiger partial charge is 0.497 e. The highest BCUT2D eigenvalue weighted by Gasteiger charge is 2.28. The van der Waals surface area contributed by atoms with Crippen molar-refractivity contribution in [3.8, 4) is 5.75 Å². The molecule has 1 atom stereocenters. The molecular weight excluding hydrogens is 320 g/mol. The molecule has 1 saturated heterocycles. The van der Waals surface area contributed by atoms with Crippen LogP contribution in [0.2, 0.25) is 0 Å². The first kappa shape index (κ1) is 15.8. The Bertz CT molecular complexity index is 417. The number of hydrogen-bond acceptors (Lipinski definition) is 3. The van der Waals surface area contributed by atoms with E-state index in [2.05, 4.69) is 35.8 Å². The smallest absolute Gasteiger partial charge is 0.158 e. The van der Waals surface area contributed by atoms with E-state index >= 15 is 0 Å². The van der Waals surface area contributed by atoms with Crippen molar-refractivity contribution >= 4 is 15.9 Å². The van der Waals surface area contributed by atoms with E-state index in [0.29, 0.717) is 0 Å². The minimum Gasteiger partial charge on any atom is -0.497 e. The topological polar surface area (TPSA) is 27.7 Å².